The van der Waals surface area contributed by atoms with Crippen molar-refractivity contribution >= 4 is 56.6 Å². The number of aliphatic hydroxyl groups excluding tert-OH is 1. The van der Waals surface area contributed by atoms with Crippen LogP contribution in [0.15, 0.2) is 42.2 Å². The number of fused-ring (bicyclic) bond motifs is 1. The number of hydrogen-bond donors (Lipinski definition) is 3. The van der Waals surface area contributed by atoms with Gasteiger partial charge in [0, 0.05) is 23.2 Å². The number of nitrogens with zero attached hydrogens (tertiary/aromatic N) is 2. The number of halogens is 1. The maximum Gasteiger partial charge on any atom is 0.333 e. The Hall–Kier alpha value is -2.06. The summed E-state index contributed by atoms with van der Waals surface area (Å²) in [5.41, 5.74) is 3.85. The largest absolute Gasteiger partial charge is 0.393 e. The number of thioether (sulfide) groups is 1. The Labute approximate surface area is 228 Å². The average Bonchev–Trinajstić information content (AvgIpc) is 3.48. The van der Waals surface area contributed by atoms with Gasteiger partial charge in [-0.1, -0.05) is 17.7 Å². The van der Waals surface area contributed by atoms with E-state index in [1.165, 1.54) is 35.0 Å². The Balaban J connectivity index is 1.32. The lowest BCUT2D eigenvalue weighted by molar-refractivity contribution is 0.101. The first-order valence-electron chi connectivity index (χ1n) is 11.6. The zero-order valence-corrected chi connectivity index (χ0v) is 22.7. The van der Waals surface area contributed by atoms with Crippen LogP contribution in [0.25, 0.3) is 0 Å². The molecule has 0 spiro atoms. The molecule has 2 aromatic heterocycles. The van der Waals surface area contributed by atoms with E-state index in [1.807, 2.05) is 35.3 Å². The Morgan fingerprint density at radius 1 is 1.30 bits per heavy atom. The molecule has 5 rings (SSSR count). The third kappa shape index (κ3) is 6.17. The highest BCUT2D eigenvalue weighted by atomic mass is 35.5. The van der Waals surface area contributed by atoms with Gasteiger partial charge in [-0.3, -0.25) is 8.98 Å². The predicted octanol–water partition coefficient (Wildman–Crippen LogP) is 3.57. The lowest BCUT2D eigenvalue weighted by Gasteiger charge is -2.24. The molecular formula is C24H25ClN4O5S3. The Bertz CT molecular complexity index is 1420. The summed E-state index contributed by atoms with van der Waals surface area (Å²) >= 11 is 9.49. The molecule has 196 valence electrons. The van der Waals surface area contributed by atoms with Crippen LogP contribution in [-0.4, -0.2) is 53.8 Å². The maximum absolute atomic E-state index is 13.5. The molecule has 37 heavy (non-hydrogen) atoms. The molecule has 0 bridgehead atoms. The van der Waals surface area contributed by atoms with Crippen LogP contribution in [0.1, 0.15) is 50.0 Å². The Morgan fingerprint density at radius 3 is 2.95 bits per heavy atom. The number of carbonyl (C=O) groups is 1. The second-order valence-electron chi connectivity index (χ2n) is 9.12. The number of carbonyl (C=O) groups excluding carboxylic acids is 1. The highest BCUT2D eigenvalue weighted by molar-refractivity contribution is 7.99. The molecule has 0 saturated heterocycles. The van der Waals surface area contributed by atoms with E-state index in [-0.39, 0.29) is 23.7 Å². The van der Waals surface area contributed by atoms with Gasteiger partial charge in [0.05, 0.1) is 28.4 Å². The summed E-state index contributed by atoms with van der Waals surface area (Å²) in [5.74, 6) is 0.750. The number of hydrogen-bond acceptors (Lipinski definition) is 10. The monoisotopic (exact) mass is 580 g/mol. The van der Waals surface area contributed by atoms with Crippen molar-refractivity contribution in [2.75, 3.05) is 17.7 Å². The second-order valence-corrected chi connectivity index (χ2v) is 12.9. The van der Waals surface area contributed by atoms with Crippen molar-refractivity contribution in [3.05, 3.63) is 74.3 Å². The number of anilines is 1. The Morgan fingerprint density at radius 2 is 2.14 bits per heavy atom. The average molecular weight is 581 g/mol. The van der Waals surface area contributed by atoms with Crippen molar-refractivity contribution in [3.8, 4) is 0 Å². The molecule has 1 saturated carbocycles. The number of ketones is 1. The van der Waals surface area contributed by atoms with Gasteiger partial charge in [-0.25, -0.2) is 15.1 Å². The number of aromatic nitrogens is 2. The number of nitrogens with one attached hydrogen (secondary N) is 1. The molecule has 1 aromatic carbocycles. The third-order valence-electron chi connectivity index (χ3n) is 6.59. The first-order chi connectivity index (χ1) is 17.7. The van der Waals surface area contributed by atoms with Gasteiger partial charge in [0.1, 0.15) is 12.1 Å². The number of rotatable bonds is 8. The first kappa shape index (κ1) is 26.5. The fourth-order valence-electron chi connectivity index (χ4n) is 4.82. The minimum atomic E-state index is -4.09. The summed E-state index contributed by atoms with van der Waals surface area (Å²) in [6.07, 6.45) is 3.83. The van der Waals surface area contributed by atoms with E-state index in [0.717, 1.165) is 17.7 Å². The van der Waals surface area contributed by atoms with Crippen LogP contribution < -0.4 is 10.5 Å². The van der Waals surface area contributed by atoms with Gasteiger partial charge in [0.2, 0.25) is 5.78 Å². The van der Waals surface area contributed by atoms with E-state index in [2.05, 4.69) is 25.5 Å². The fraction of sp³-hybridized carbons (Fsp3) is 0.375. The lowest BCUT2D eigenvalue weighted by Crippen LogP contribution is -2.24. The molecule has 13 heteroatoms. The van der Waals surface area contributed by atoms with Crippen molar-refractivity contribution < 1.29 is 22.5 Å². The molecular weight excluding hydrogens is 556 g/mol. The smallest absolute Gasteiger partial charge is 0.333 e. The van der Waals surface area contributed by atoms with E-state index in [0.29, 0.717) is 34.1 Å². The Kier molecular flexibility index (Phi) is 7.87. The summed E-state index contributed by atoms with van der Waals surface area (Å²) in [6, 6.07) is 7.70. The fourth-order valence-corrected chi connectivity index (χ4v) is 7.64. The highest BCUT2D eigenvalue weighted by Crippen LogP contribution is 2.44. The van der Waals surface area contributed by atoms with Gasteiger partial charge in [0.15, 0.2) is 0 Å². The van der Waals surface area contributed by atoms with E-state index in [9.17, 15) is 18.3 Å². The number of aliphatic hydroxyl groups is 1. The van der Waals surface area contributed by atoms with Crippen molar-refractivity contribution in [1.29, 1.82) is 0 Å². The topological polar surface area (TPSA) is 144 Å². The summed E-state index contributed by atoms with van der Waals surface area (Å²) in [5, 5.41) is 21.3. The van der Waals surface area contributed by atoms with Crippen LogP contribution in [0.2, 0.25) is 5.02 Å². The van der Waals surface area contributed by atoms with Gasteiger partial charge in [-0.15, -0.1) is 23.1 Å². The van der Waals surface area contributed by atoms with Crippen molar-refractivity contribution in [2.45, 2.75) is 36.7 Å². The molecule has 1 aliphatic carbocycles. The number of nitrogens with two attached hydrogens (primary N) is 1. The number of thiophene rings is 1. The van der Waals surface area contributed by atoms with Crippen molar-refractivity contribution in [1.82, 2.24) is 9.97 Å². The SMILES string of the molecule is NS(=O)(=O)OC[C@H]1C[C@@H](Nc2ncncc2C(=O)c2cc([C@@H]3SCCc4ccc(Cl)cc43)cs2)C[C@@H]1O. The van der Waals surface area contributed by atoms with E-state index >= 15 is 0 Å². The maximum atomic E-state index is 13.5. The minimum Gasteiger partial charge on any atom is -0.393 e. The minimum absolute atomic E-state index is 0.112. The summed E-state index contributed by atoms with van der Waals surface area (Å²) < 4.78 is 26.9. The molecule has 1 aliphatic heterocycles. The molecule has 0 radical (unpaired) electrons. The van der Waals surface area contributed by atoms with Gasteiger partial charge >= 0.3 is 10.3 Å². The van der Waals surface area contributed by atoms with Crippen LogP contribution >= 0.6 is 34.7 Å². The van der Waals surface area contributed by atoms with E-state index < -0.39 is 22.3 Å². The molecule has 1 fully saturated rings. The number of benzene rings is 1. The first-order valence-corrected chi connectivity index (χ1v) is 15.4. The molecule has 4 N–H and O–H groups in total. The predicted molar refractivity (Wildman–Crippen MR) is 144 cm³/mol. The lowest BCUT2D eigenvalue weighted by atomic mass is 9.98. The molecule has 0 unspecified atom stereocenters. The van der Waals surface area contributed by atoms with Crippen LogP contribution in [-0.2, 0) is 20.9 Å². The molecule has 9 nitrogen and oxygen atoms in total. The molecule has 4 atom stereocenters. The van der Waals surface area contributed by atoms with Crippen LogP contribution in [0.4, 0.5) is 5.82 Å². The normalized spacial score (nSPS) is 23.5. The zero-order chi connectivity index (χ0) is 26.2. The summed E-state index contributed by atoms with van der Waals surface area (Å²) in [4.78, 5) is 22.4. The summed E-state index contributed by atoms with van der Waals surface area (Å²) in [6.45, 7) is -0.209. The third-order valence-corrected chi connectivity index (χ3v) is 9.54. The van der Waals surface area contributed by atoms with Crippen LogP contribution in [0.3, 0.4) is 0 Å². The van der Waals surface area contributed by atoms with Gasteiger partial charge in [0.25, 0.3) is 0 Å². The zero-order valence-electron chi connectivity index (χ0n) is 19.5. The van der Waals surface area contributed by atoms with Crippen LogP contribution in [0.5, 0.6) is 0 Å². The summed E-state index contributed by atoms with van der Waals surface area (Å²) in [7, 11) is -4.09. The van der Waals surface area contributed by atoms with Gasteiger partial charge < -0.3 is 10.4 Å². The van der Waals surface area contributed by atoms with E-state index in [4.69, 9.17) is 16.7 Å². The quantitative estimate of drug-likeness (QED) is 0.340. The van der Waals surface area contributed by atoms with Crippen LogP contribution in [0, 0.1) is 5.92 Å². The van der Waals surface area contributed by atoms with E-state index in [1.54, 1.807) is 0 Å². The molecule has 3 aromatic rings. The van der Waals surface area contributed by atoms with Crippen molar-refractivity contribution in [3.63, 3.8) is 0 Å². The van der Waals surface area contributed by atoms with Crippen molar-refractivity contribution in [2.24, 2.45) is 11.1 Å². The molecule has 0 amide bonds. The molecule has 3 heterocycles. The standard InChI is InChI=1S/C24H25ClN4O5S3/c25-16-2-1-13-3-4-35-23(18(13)7-16)15-6-21(36-11-15)22(31)19-9-27-12-28-24(19)29-17-5-14(20(30)8-17)10-34-37(26,32)33/h1-2,6-7,9,11-12,14,17,20,23,30H,3-5,8,10H2,(H2,26,32,33)(H,27,28,29)/t14-,17-,20+,23+/m1/s1. The highest BCUT2D eigenvalue weighted by Gasteiger charge is 2.35. The molecule has 2 aliphatic rings. The van der Waals surface area contributed by atoms with Gasteiger partial charge in [-0.05, 0) is 65.3 Å². The number of aryl methyl sites for hydroxylation is 1. The second kappa shape index (κ2) is 11.0. The van der Waals surface area contributed by atoms with Gasteiger partial charge in [-0.2, -0.15) is 8.42 Å².